The third-order valence-electron chi connectivity index (χ3n) is 7.23. The number of nitrogens with zero attached hydrogens (tertiary/aromatic N) is 3. The average molecular weight is 789 g/mol. The predicted molar refractivity (Wildman–Crippen MR) is 166 cm³/mol. The molecule has 41 heavy (non-hydrogen) atoms. The SMILES string of the molecule is C[C@H]1CN(C(=I[I-]C#N)c2ccccc2)CCN1C(=O)C(=O)c1c[nH]c2c(-c3cc4ccccc4s3)ccc(F)c12. The van der Waals surface area contributed by atoms with Gasteiger partial charge in [-0.2, -0.15) is 0 Å². The molecule has 1 fully saturated rings. The zero-order chi connectivity index (χ0) is 28.5. The number of halogens is 3. The Kier molecular flexibility index (Phi) is 8.30. The molecule has 3 aromatic carbocycles. The number of piperazine rings is 1. The second-order valence-electron chi connectivity index (χ2n) is 9.70. The molecule has 1 aliphatic rings. The number of hydrogen-bond donors (Lipinski definition) is 1. The molecular formula is C31H24FI2N4O2S-. The fourth-order valence-corrected chi connectivity index (χ4v) is 13.2. The van der Waals surface area contributed by atoms with Gasteiger partial charge in [-0.1, -0.05) is 18.2 Å². The maximum absolute atomic E-state index is 15.2. The van der Waals surface area contributed by atoms with Crippen molar-refractivity contribution in [3.63, 3.8) is 0 Å². The number of amides is 1. The van der Waals surface area contributed by atoms with Gasteiger partial charge in [0, 0.05) is 9.58 Å². The summed E-state index contributed by atoms with van der Waals surface area (Å²) in [5.41, 5.74) is 2.49. The molecule has 0 saturated carbocycles. The number of ketones is 1. The fourth-order valence-electron chi connectivity index (χ4n) is 5.28. The zero-order valence-corrected chi connectivity index (χ0v) is 27.0. The predicted octanol–water partition coefficient (Wildman–Crippen LogP) is 3.54. The van der Waals surface area contributed by atoms with Crippen LogP contribution in [0.1, 0.15) is 22.8 Å². The summed E-state index contributed by atoms with van der Waals surface area (Å²) in [4.78, 5) is 35.0. The van der Waals surface area contributed by atoms with Crippen LogP contribution in [0.25, 0.3) is 31.4 Å². The van der Waals surface area contributed by atoms with Crippen LogP contribution in [0, 0.1) is 15.2 Å². The molecule has 6 nitrogen and oxygen atoms in total. The summed E-state index contributed by atoms with van der Waals surface area (Å²) in [7, 11) is 0. The van der Waals surface area contributed by atoms with Crippen molar-refractivity contribution in [1.29, 1.82) is 5.26 Å². The number of aromatic nitrogens is 1. The van der Waals surface area contributed by atoms with Crippen LogP contribution in [0.15, 0.2) is 79.0 Å². The molecule has 0 bridgehead atoms. The van der Waals surface area contributed by atoms with E-state index in [1.807, 2.05) is 49.4 Å². The van der Waals surface area contributed by atoms with E-state index in [-0.39, 0.29) is 17.0 Å². The molecule has 0 spiro atoms. The van der Waals surface area contributed by atoms with Gasteiger partial charge in [0.05, 0.1) is 0 Å². The monoisotopic (exact) mass is 789 g/mol. The summed E-state index contributed by atoms with van der Waals surface area (Å²) in [6.45, 7) is 3.48. The fraction of sp³-hybridized carbons (Fsp3) is 0.161. The number of hydrogen-bond acceptors (Lipinski definition) is 5. The minimum atomic E-state index is -0.709. The van der Waals surface area contributed by atoms with Gasteiger partial charge < -0.3 is 0 Å². The van der Waals surface area contributed by atoms with Gasteiger partial charge >= 0.3 is 196 Å². The van der Waals surface area contributed by atoms with Crippen molar-refractivity contribution >= 4 is 64.4 Å². The standard InChI is InChI=1S/C31H24FI2N4O2S/c1-19-17-37(30(34-33-18-35)20-7-3-2-4-8-20)13-14-38(19)31(40)29(39)23-16-36-28-22(11-12-24(32)27(23)28)26-15-21-9-5-6-10-25(21)41-26/h2-12,15-16,19,36H,13-14,17H2,1H3/q-1/t19-/m0/s1. The normalized spacial score (nSPS) is 16.6. The van der Waals surface area contributed by atoms with Gasteiger partial charge in [-0.15, -0.1) is 11.3 Å². The minimum absolute atomic E-state index is 0.0567. The van der Waals surface area contributed by atoms with Crippen molar-refractivity contribution in [3.8, 4) is 14.5 Å². The first-order chi connectivity index (χ1) is 20.0. The van der Waals surface area contributed by atoms with E-state index in [9.17, 15) is 14.9 Å². The summed E-state index contributed by atoms with van der Waals surface area (Å²) in [5, 5.41) is 10.5. The van der Waals surface area contributed by atoms with Crippen molar-refractivity contribution in [2.24, 2.45) is 0 Å². The first-order valence-electron chi connectivity index (χ1n) is 12.9. The Balaban J connectivity index is 1.26. The van der Waals surface area contributed by atoms with Crippen molar-refractivity contribution in [2.45, 2.75) is 13.0 Å². The number of fused-ring (bicyclic) bond motifs is 2. The molecule has 3 heterocycles. The van der Waals surface area contributed by atoms with Crippen LogP contribution in [-0.4, -0.2) is 55.8 Å². The molecule has 2 aromatic heterocycles. The van der Waals surface area contributed by atoms with Crippen LogP contribution in [0.5, 0.6) is 0 Å². The van der Waals surface area contributed by atoms with Crippen molar-refractivity contribution in [1.82, 2.24) is 14.8 Å². The number of carbonyl (C=O) groups excluding carboxylic acids is 2. The first-order valence-corrected chi connectivity index (χ1v) is 22.2. The van der Waals surface area contributed by atoms with Crippen LogP contribution in [0.4, 0.5) is 4.39 Å². The number of Topliss-reactive ketones (excluding diaryl/α,β-unsaturated/α-hetero) is 1. The van der Waals surface area contributed by atoms with Crippen LogP contribution in [0.3, 0.4) is 0 Å². The number of H-pyrrole nitrogens is 1. The third-order valence-corrected chi connectivity index (χ3v) is 15.6. The quantitative estimate of drug-likeness (QED) is 0.162. The molecule has 1 saturated heterocycles. The second kappa shape index (κ2) is 12.1. The molecular weight excluding hydrogens is 765 g/mol. The Hall–Kier alpha value is -2.99. The van der Waals surface area contributed by atoms with Gasteiger partial charge in [-0.05, 0) is 23.6 Å². The topological polar surface area (TPSA) is 80.2 Å². The Morgan fingerprint density at radius 2 is 1.88 bits per heavy atom. The molecule has 0 radical (unpaired) electrons. The van der Waals surface area contributed by atoms with Gasteiger partial charge in [0.15, 0.2) is 0 Å². The maximum atomic E-state index is 15.2. The van der Waals surface area contributed by atoms with E-state index in [0.717, 1.165) is 26.1 Å². The molecule has 0 unspecified atom stereocenters. The molecule has 0 aliphatic carbocycles. The van der Waals surface area contributed by atoms with Crippen LogP contribution in [0.2, 0.25) is 0 Å². The van der Waals surface area contributed by atoms with Gasteiger partial charge in [-0.25, -0.2) is 0 Å². The van der Waals surface area contributed by atoms with Gasteiger partial charge in [0.25, 0.3) is 0 Å². The van der Waals surface area contributed by atoms with E-state index >= 15 is 4.39 Å². The number of aromatic amines is 1. The van der Waals surface area contributed by atoms with E-state index < -0.39 is 51.5 Å². The van der Waals surface area contributed by atoms with Gasteiger partial charge in [0.1, 0.15) is 0 Å². The molecule has 1 N–H and O–H groups in total. The summed E-state index contributed by atoms with van der Waals surface area (Å²) in [5.74, 6) is -1.86. The number of carbonyl (C=O) groups is 2. The number of benzene rings is 3. The summed E-state index contributed by atoms with van der Waals surface area (Å²) < 4.78 is 19.9. The molecule has 1 atom stereocenters. The van der Waals surface area contributed by atoms with Crippen LogP contribution < -0.4 is 17.2 Å². The van der Waals surface area contributed by atoms with Gasteiger partial charge in [-0.3, -0.25) is 0 Å². The Morgan fingerprint density at radius 1 is 1.10 bits per heavy atom. The summed E-state index contributed by atoms with van der Waals surface area (Å²) >= 11 is 0.662. The molecule has 1 amide bonds. The summed E-state index contributed by atoms with van der Waals surface area (Å²) in [6.07, 6.45) is 1.46. The zero-order valence-electron chi connectivity index (χ0n) is 21.9. The number of rotatable bonds is 6. The van der Waals surface area contributed by atoms with Crippen LogP contribution in [-0.2, 0) is 4.79 Å². The van der Waals surface area contributed by atoms with Crippen molar-refractivity contribution in [2.75, 3.05) is 19.6 Å². The van der Waals surface area contributed by atoms with E-state index in [2.05, 4.69) is 32.2 Å². The average Bonchev–Trinajstić information content (AvgIpc) is 3.63. The molecule has 1 aliphatic heterocycles. The Bertz CT molecular complexity index is 1830. The van der Waals surface area contributed by atoms with Crippen LogP contribution >= 0.6 is 28.1 Å². The number of nitrogens with one attached hydrogen (secondary N) is 1. The Labute approximate surface area is 256 Å². The molecule has 5 aromatic rings. The summed E-state index contributed by atoms with van der Waals surface area (Å²) in [6, 6.07) is 23.1. The Morgan fingerprint density at radius 3 is 2.63 bits per heavy atom. The molecule has 10 heteroatoms. The van der Waals surface area contributed by atoms with Gasteiger partial charge in [0.2, 0.25) is 0 Å². The molecule has 208 valence electrons. The number of thiophene rings is 1. The van der Waals surface area contributed by atoms with E-state index in [1.165, 1.54) is 15.9 Å². The third kappa shape index (κ3) is 5.48. The second-order valence-corrected chi connectivity index (χ2v) is 18.6. The van der Waals surface area contributed by atoms with E-state index in [1.54, 1.807) is 22.3 Å². The first kappa shape index (κ1) is 28.1. The van der Waals surface area contributed by atoms with Crippen molar-refractivity contribution in [3.05, 3.63) is 95.9 Å². The van der Waals surface area contributed by atoms with Crippen molar-refractivity contribution < 1.29 is 31.2 Å². The van der Waals surface area contributed by atoms with E-state index in [4.69, 9.17) is 0 Å². The number of nitriles is 1. The van der Waals surface area contributed by atoms with E-state index in [0.29, 0.717) is 25.2 Å². The molecule has 6 rings (SSSR count).